The molecule has 1 aromatic carbocycles. The molecule has 18 heavy (non-hydrogen) atoms. The van der Waals surface area contributed by atoms with E-state index in [1.165, 1.54) is 0 Å². The van der Waals surface area contributed by atoms with Crippen LogP contribution in [0.3, 0.4) is 0 Å². The van der Waals surface area contributed by atoms with Crippen molar-refractivity contribution in [3.05, 3.63) is 23.3 Å². The van der Waals surface area contributed by atoms with Crippen LogP contribution in [0.15, 0.2) is 12.1 Å². The normalized spacial score (nSPS) is 16.4. The maximum absolute atomic E-state index is 6.17. The molecule has 2 rings (SSSR count). The van der Waals surface area contributed by atoms with Gasteiger partial charge < -0.3 is 19.9 Å². The quantitative estimate of drug-likeness (QED) is 0.838. The molecular weight excluding hydrogens is 230 g/mol. The highest BCUT2D eigenvalue weighted by Crippen LogP contribution is 2.39. The summed E-state index contributed by atoms with van der Waals surface area (Å²) in [4.78, 5) is 0. The monoisotopic (exact) mass is 251 g/mol. The van der Waals surface area contributed by atoms with E-state index in [0.29, 0.717) is 6.61 Å². The number of rotatable bonds is 6. The first-order valence-corrected chi connectivity index (χ1v) is 6.13. The number of ether oxygens (including phenoxy) is 3. The van der Waals surface area contributed by atoms with Crippen molar-refractivity contribution >= 4 is 0 Å². The van der Waals surface area contributed by atoms with E-state index >= 15 is 0 Å². The van der Waals surface area contributed by atoms with Gasteiger partial charge in [-0.25, -0.2) is 0 Å². The summed E-state index contributed by atoms with van der Waals surface area (Å²) in [6, 6.07) is 3.99. The molecule has 1 aliphatic carbocycles. The van der Waals surface area contributed by atoms with Gasteiger partial charge in [0.15, 0.2) is 0 Å². The molecule has 0 heterocycles. The second-order valence-corrected chi connectivity index (χ2v) is 4.95. The Labute approximate surface area is 108 Å². The number of hydrogen-bond donors (Lipinski definition) is 1. The van der Waals surface area contributed by atoms with Crippen molar-refractivity contribution in [1.82, 2.24) is 0 Å². The van der Waals surface area contributed by atoms with Crippen molar-refractivity contribution in [3.63, 3.8) is 0 Å². The smallest absolute Gasteiger partial charge is 0.124 e. The predicted octanol–water partition coefficient (Wildman–Crippen LogP) is 1.88. The van der Waals surface area contributed by atoms with Crippen molar-refractivity contribution in [2.75, 3.05) is 21.3 Å². The second kappa shape index (κ2) is 5.16. The molecule has 4 nitrogen and oxygen atoms in total. The molecule has 1 aromatic rings. The molecule has 0 saturated heterocycles. The molecule has 0 spiro atoms. The minimum atomic E-state index is -0.0406. The Kier molecular flexibility index (Phi) is 3.78. The average Bonchev–Trinajstić information content (AvgIpc) is 3.08. The minimum Gasteiger partial charge on any atom is -0.496 e. The van der Waals surface area contributed by atoms with Gasteiger partial charge in [-0.2, -0.15) is 0 Å². The van der Waals surface area contributed by atoms with Gasteiger partial charge in [-0.3, -0.25) is 0 Å². The van der Waals surface area contributed by atoms with Gasteiger partial charge in [0.25, 0.3) is 0 Å². The van der Waals surface area contributed by atoms with Gasteiger partial charge >= 0.3 is 0 Å². The summed E-state index contributed by atoms with van der Waals surface area (Å²) in [7, 11) is 5.01. The van der Waals surface area contributed by atoms with E-state index in [9.17, 15) is 0 Å². The highest BCUT2D eigenvalue weighted by Gasteiger charge is 2.38. The summed E-state index contributed by atoms with van der Waals surface area (Å²) in [5.74, 6) is 1.69. The number of hydrogen-bond acceptors (Lipinski definition) is 4. The predicted molar refractivity (Wildman–Crippen MR) is 70.1 cm³/mol. The van der Waals surface area contributed by atoms with Gasteiger partial charge in [0.1, 0.15) is 11.5 Å². The van der Waals surface area contributed by atoms with Gasteiger partial charge in [0.2, 0.25) is 0 Å². The Balaban J connectivity index is 2.32. The maximum atomic E-state index is 6.17. The zero-order chi connectivity index (χ0) is 13.2. The van der Waals surface area contributed by atoms with Gasteiger partial charge in [0, 0.05) is 18.2 Å². The van der Waals surface area contributed by atoms with Crippen LogP contribution in [0, 0.1) is 0 Å². The van der Waals surface area contributed by atoms with Crippen LogP contribution in [-0.4, -0.2) is 26.9 Å². The molecule has 0 bridgehead atoms. The van der Waals surface area contributed by atoms with Crippen LogP contribution in [0.25, 0.3) is 0 Å². The molecule has 1 fully saturated rings. The molecule has 1 aliphatic rings. The Bertz CT molecular complexity index is 427. The van der Waals surface area contributed by atoms with E-state index in [1.807, 2.05) is 12.1 Å². The summed E-state index contributed by atoms with van der Waals surface area (Å²) >= 11 is 0. The number of nitrogens with two attached hydrogens (primary N) is 1. The van der Waals surface area contributed by atoms with E-state index < -0.39 is 0 Å². The molecule has 0 atom stereocenters. The lowest BCUT2D eigenvalue weighted by atomic mass is 10.0. The lowest BCUT2D eigenvalue weighted by molar-refractivity contribution is 0.181. The Morgan fingerprint density at radius 2 is 1.61 bits per heavy atom. The Hall–Kier alpha value is -1.26. The molecule has 0 unspecified atom stereocenters. The summed E-state index contributed by atoms with van der Waals surface area (Å²) in [5, 5.41) is 0. The van der Waals surface area contributed by atoms with Gasteiger partial charge in [0.05, 0.1) is 20.8 Å². The van der Waals surface area contributed by atoms with Crippen molar-refractivity contribution < 1.29 is 14.2 Å². The van der Waals surface area contributed by atoms with Crippen LogP contribution in [0.1, 0.15) is 24.0 Å². The van der Waals surface area contributed by atoms with E-state index in [2.05, 4.69) is 0 Å². The molecule has 0 amide bonds. The lowest BCUT2D eigenvalue weighted by Crippen LogP contribution is -2.24. The second-order valence-electron chi connectivity index (χ2n) is 4.95. The van der Waals surface area contributed by atoms with Crippen molar-refractivity contribution in [3.8, 4) is 11.5 Å². The first-order valence-electron chi connectivity index (χ1n) is 6.13. The van der Waals surface area contributed by atoms with Crippen LogP contribution in [0.5, 0.6) is 11.5 Å². The fourth-order valence-corrected chi connectivity index (χ4v) is 2.15. The van der Waals surface area contributed by atoms with Crippen molar-refractivity contribution in [2.24, 2.45) is 5.73 Å². The third-order valence-corrected chi connectivity index (χ3v) is 3.42. The summed E-state index contributed by atoms with van der Waals surface area (Å²) in [6.07, 6.45) is 3.00. The van der Waals surface area contributed by atoms with Gasteiger partial charge in [-0.1, -0.05) is 0 Å². The molecule has 2 N–H and O–H groups in total. The van der Waals surface area contributed by atoms with Gasteiger partial charge in [-0.15, -0.1) is 0 Å². The van der Waals surface area contributed by atoms with E-state index in [-0.39, 0.29) is 5.54 Å². The van der Waals surface area contributed by atoms with Crippen LogP contribution in [-0.2, 0) is 17.8 Å². The third kappa shape index (κ3) is 2.76. The molecule has 0 radical (unpaired) electrons. The number of benzene rings is 1. The highest BCUT2D eigenvalue weighted by atomic mass is 16.5. The number of methoxy groups -OCH3 is 3. The fraction of sp³-hybridized carbons (Fsp3) is 0.571. The first-order chi connectivity index (χ1) is 8.61. The minimum absolute atomic E-state index is 0.0406. The van der Waals surface area contributed by atoms with E-state index in [1.54, 1.807) is 21.3 Å². The highest BCUT2D eigenvalue weighted by molar-refractivity contribution is 5.47. The van der Waals surface area contributed by atoms with Crippen LogP contribution in [0.4, 0.5) is 0 Å². The first kappa shape index (κ1) is 13.2. The van der Waals surface area contributed by atoms with Crippen LogP contribution >= 0.6 is 0 Å². The summed E-state index contributed by atoms with van der Waals surface area (Å²) < 4.78 is 16.0. The maximum Gasteiger partial charge on any atom is 0.124 e. The van der Waals surface area contributed by atoms with Crippen molar-refractivity contribution in [1.29, 1.82) is 0 Å². The zero-order valence-electron chi connectivity index (χ0n) is 11.3. The van der Waals surface area contributed by atoms with Crippen LogP contribution in [0.2, 0.25) is 0 Å². The Morgan fingerprint density at radius 3 is 2.11 bits per heavy atom. The summed E-state index contributed by atoms with van der Waals surface area (Å²) in [5.41, 5.74) is 8.22. The van der Waals surface area contributed by atoms with E-state index in [4.69, 9.17) is 19.9 Å². The topological polar surface area (TPSA) is 53.7 Å². The summed E-state index contributed by atoms with van der Waals surface area (Å²) in [6.45, 7) is 0.508. The Morgan fingerprint density at radius 1 is 1.06 bits per heavy atom. The van der Waals surface area contributed by atoms with E-state index in [0.717, 1.165) is 41.9 Å². The average molecular weight is 251 g/mol. The third-order valence-electron chi connectivity index (χ3n) is 3.42. The lowest BCUT2D eigenvalue weighted by Gasteiger charge is -2.16. The zero-order valence-corrected chi connectivity index (χ0v) is 11.3. The molecule has 4 heteroatoms. The van der Waals surface area contributed by atoms with Crippen LogP contribution < -0.4 is 15.2 Å². The standard InChI is InChI=1S/C14H21NO3/c1-16-9-11-7-12(17-2)10(6-13(11)18-3)8-14(15)4-5-14/h6-7H,4-5,8-9,15H2,1-3H3. The van der Waals surface area contributed by atoms with Gasteiger partial charge in [-0.05, 0) is 37.0 Å². The molecule has 100 valence electrons. The molecule has 0 aliphatic heterocycles. The molecule has 0 aromatic heterocycles. The molecular formula is C14H21NO3. The van der Waals surface area contributed by atoms with Crippen molar-refractivity contribution in [2.45, 2.75) is 31.4 Å². The fourth-order valence-electron chi connectivity index (χ4n) is 2.15. The largest absolute Gasteiger partial charge is 0.496 e. The molecule has 1 saturated carbocycles. The SMILES string of the molecule is COCc1cc(OC)c(CC2(N)CC2)cc1OC.